The van der Waals surface area contributed by atoms with Crippen molar-refractivity contribution in [1.29, 1.82) is 0 Å². The van der Waals surface area contributed by atoms with E-state index in [0.717, 1.165) is 17.1 Å². The number of rotatable bonds is 8. The van der Waals surface area contributed by atoms with E-state index in [1.54, 1.807) is 19.2 Å². The average molecular weight is 379 g/mol. The van der Waals surface area contributed by atoms with Crippen LogP contribution in [-0.2, 0) is 0 Å². The van der Waals surface area contributed by atoms with Crippen molar-refractivity contribution in [3.05, 3.63) is 82.4 Å². The monoisotopic (exact) mass is 379 g/mol. The van der Waals surface area contributed by atoms with Crippen LogP contribution >= 0.6 is 0 Å². The Morgan fingerprint density at radius 2 is 1.32 bits per heavy atom. The number of hydrogen-bond donors (Lipinski definition) is 4. The van der Waals surface area contributed by atoms with Gasteiger partial charge in [0.05, 0.1) is 34.8 Å². The van der Waals surface area contributed by atoms with Gasteiger partial charge >= 0.3 is 0 Å². The second-order valence-electron chi connectivity index (χ2n) is 6.09. The van der Waals surface area contributed by atoms with Crippen LogP contribution in [0.3, 0.4) is 0 Å². The topological polar surface area (TPSA) is 100 Å². The summed E-state index contributed by atoms with van der Waals surface area (Å²) < 4.78 is 5.43. The summed E-state index contributed by atoms with van der Waals surface area (Å²) in [7, 11) is 1.59. The Morgan fingerprint density at radius 1 is 0.786 bits per heavy atom. The molecule has 0 saturated carbocycles. The number of nitrogens with zero attached hydrogens (tertiary/aromatic N) is 1. The highest BCUT2D eigenvalue weighted by Gasteiger charge is 2.06. The van der Waals surface area contributed by atoms with Gasteiger partial charge in [0.25, 0.3) is 5.69 Å². The van der Waals surface area contributed by atoms with Gasteiger partial charge in [0.2, 0.25) is 0 Å². The predicted molar refractivity (Wildman–Crippen MR) is 112 cm³/mol. The van der Waals surface area contributed by atoms with Crippen molar-refractivity contribution in [3.63, 3.8) is 0 Å². The van der Waals surface area contributed by atoms with Crippen molar-refractivity contribution in [1.82, 2.24) is 0 Å². The number of hydrazine groups is 2. The van der Waals surface area contributed by atoms with E-state index in [1.807, 2.05) is 49.4 Å². The van der Waals surface area contributed by atoms with Gasteiger partial charge < -0.3 is 21.0 Å². The first kappa shape index (κ1) is 18.8. The second-order valence-corrected chi connectivity index (χ2v) is 6.09. The summed E-state index contributed by atoms with van der Waals surface area (Å²) in [5, 5.41) is 10.7. The lowest BCUT2D eigenvalue weighted by atomic mass is 10.2. The zero-order valence-corrected chi connectivity index (χ0v) is 15.5. The van der Waals surface area contributed by atoms with Crippen molar-refractivity contribution >= 4 is 28.4 Å². The van der Waals surface area contributed by atoms with Crippen LogP contribution in [0.5, 0.6) is 5.75 Å². The van der Waals surface area contributed by atoms with Crippen LogP contribution in [0.4, 0.5) is 28.4 Å². The molecule has 3 rings (SSSR count). The molecule has 3 aromatic carbocycles. The standard InChI is InChI=1S/C20H21N5O3/c1-14-3-5-15(6-4-14)21-23-17-9-12-19(20(13-17)28-2)24-22-16-7-10-18(11-8-16)25(26)27/h3-13,21-24H,1-2H3. The molecule has 0 spiro atoms. The molecule has 8 heteroatoms. The third-order valence-electron chi connectivity index (χ3n) is 4.02. The number of nitro groups is 1. The molecule has 0 heterocycles. The minimum Gasteiger partial charge on any atom is -0.494 e. The molecule has 3 aromatic rings. The van der Waals surface area contributed by atoms with Crippen LogP contribution in [0.15, 0.2) is 66.7 Å². The molecule has 0 atom stereocenters. The molecule has 0 aliphatic rings. The molecule has 0 fully saturated rings. The molecule has 0 bridgehead atoms. The fourth-order valence-electron chi connectivity index (χ4n) is 2.46. The Balaban J connectivity index is 1.62. The maximum Gasteiger partial charge on any atom is 0.269 e. The van der Waals surface area contributed by atoms with Crippen molar-refractivity contribution in [2.75, 3.05) is 28.8 Å². The first-order valence-corrected chi connectivity index (χ1v) is 8.58. The number of non-ortho nitro benzene ring substituents is 1. The number of methoxy groups -OCH3 is 1. The molecule has 8 nitrogen and oxygen atoms in total. The normalized spacial score (nSPS) is 10.1. The molecule has 0 aliphatic heterocycles. The van der Waals surface area contributed by atoms with Crippen molar-refractivity contribution in [2.45, 2.75) is 6.92 Å². The van der Waals surface area contributed by atoms with Gasteiger partial charge in [0, 0.05) is 18.2 Å². The Hall–Kier alpha value is -3.94. The van der Waals surface area contributed by atoms with Gasteiger partial charge in [-0.2, -0.15) is 0 Å². The fourth-order valence-corrected chi connectivity index (χ4v) is 2.46. The van der Waals surface area contributed by atoms with Crippen molar-refractivity contribution < 1.29 is 9.66 Å². The minimum absolute atomic E-state index is 0.0413. The maximum atomic E-state index is 10.7. The Kier molecular flexibility index (Phi) is 5.81. The fraction of sp³-hybridized carbons (Fsp3) is 0.100. The van der Waals surface area contributed by atoms with E-state index in [9.17, 15) is 10.1 Å². The second kappa shape index (κ2) is 8.63. The van der Waals surface area contributed by atoms with Crippen LogP contribution < -0.4 is 26.4 Å². The van der Waals surface area contributed by atoms with E-state index in [0.29, 0.717) is 11.4 Å². The summed E-state index contributed by atoms with van der Waals surface area (Å²) in [5.41, 5.74) is 16.7. The Morgan fingerprint density at radius 3 is 1.93 bits per heavy atom. The van der Waals surface area contributed by atoms with Gasteiger partial charge in [-0.1, -0.05) is 17.7 Å². The highest BCUT2D eigenvalue weighted by molar-refractivity contribution is 5.67. The summed E-state index contributed by atoms with van der Waals surface area (Å²) in [6.45, 7) is 2.04. The number of ether oxygens (including phenoxy) is 1. The van der Waals surface area contributed by atoms with Crippen LogP contribution in [-0.4, -0.2) is 12.0 Å². The van der Waals surface area contributed by atoms with E-state index < -0.39 is 4.92 Å². The van der Waals surface area contributed by atoms with Gasteiger partial charge in [0.15, 0.2) is 0 Å². The van der Waals surface area contributed by atoms with Gasteiger partial charge in [-0.05, 0) is 43.3 Å². The summed E-state index contributed by atoms with van der Waals surface area (Å²) in [4.78, 5) is 10.3. The number of aryl methyl sites for hydroxylation is 1. The molecule has 0 unspecified atom stereocenters. The molecule has 0 aliphatic carbocycles. The van der Waals surface area contributed by atoms with E-state index in [2.05, 4.69) is 21.7 Å². The molecular formula is C20H21N5O3. The van der Waals surface area contributed by atoms with E-state index in [1.165, 1.54) is 17.7 Å². The number of nitro benzene ring substituents is 1. The minimum atomic E-state index is -0.434. The van der Waals surface area contributed by atoms with Gasteiger partial charge in [0.1, 0.15) is 5.75 Å². The van der Waals surface area contributed by atoms with Crippen LogP contribution in [0, 0.1) is 17.0 Å². The van der Waals surface area contributed by atoms with E-state index >= 15 is 0 Å². The van der Waals surface area contributed by atoms with Crippen LogP contribution in [0.25, 0.3) is 0 Å². The number of hydrogen-bond acceptors (Lipinski definition) is 7. The molecule has 4 N–H and O–H groups in total. The zero-order valence-electron chi connectivity index (χ0n) is 15.5. The lowest BCUT2D eigenvalue weighted by molar-refractivity contribution is -0.384. The number of benzene rings is 3. The smallest absolute Gasteiger partial charge is 0.269 e. The first-order valence-electron chi connectivity index (χ1n) is 8.58. The zero-order chi connectivity index (χ0) is 19.9. The van der Waals surface area contributed by atoms with Gasteiger partial charge in [-0.15, -0.1) is 0 Å². The number of anilines is 4. The summed E-state index contributed by atoms with van der Waals surface area (Å²) >= 11 is 0. The highest BCUT2D eigenvalue weighted by Crippen LogP contribution is 2.28. The van der Waals surface area contributed by atoms with Gasteiger partial charge in [-0.25, -0.2) is 0 Å². The SMILES string of the molecule is COc1cc(NNc2ccc(C)cc2)ccc1NNc1ccc([N+](=O)[O-])cc1. The molecule has 144 valence electrons. The third-order valence-corrected chi connectivity index (χ3v) is 4.02. The Labute approximate surface area is 162 Å². The summed E-state index contributed by atoms with van der Waals surface area (Å²) in [6.07, 6.45) is 0. The predicted octanol–water partition coefficient (Wildman–Crippen LogP) is 4.79. The third kappa shape index (κ3) is 4.82. The first-order chi connectivity index (χ1) is 13.5. The molecule has 0 amide bonds. The Bertz CT molecular complexity index is 943. The van der Waals surface area contributed by atoms with E-state index in [4.69, 9.17) is 4.74 Å². The largest absolute Gasteiger partial charge is 0.494 e. The lowest BCUT2D eigenvalue weighted by Crippen LogP contribution is -2.11. The molecule has 28 heavy (non-hydrogen) atoms. The summed E-state index contributed by atoms with van der Waals surface area (Å²) in [6, 6.07) is 19.8. The average Bonchev–Trinajstić information content (AvgIpc) is 2.72. The van der Waals surface area contributed by atoms with Crippen LogP contribution in [0.1, 0.15) is 5.56 Å². The lowest BCUT2D eigenvalue weighted by Gasteiger charge is -2.16. The van der Waals surface area contributed by atoms with Crippen LogP contribution in [0.2, 0.25) is 0 Å². The number of nitrogens with one attached hydrogen (secondary N) is 4. The van der Waals surface area contributed by atoms with Crippen molar-refractivity contribution in [3.8, 4) is 5.75 Å². The van der Waals surface area contributed by atoms with Gasteiger partial charge in [-0.3, -0.25) is 15.5 Å². The maximum absolute atomic E-state index is 10.7. The van der Waals surface area contributed by atoms with E-state index in [-0.39, 0.29) is 5.69 Å². The molecule has 0 saturated heterocycles. The summed E-state index contributed by atoms with van der Waals surface area (Å²) in [5.74, 6) is 0.630. The quantitative estimate of drug-likeness (QED) is 0.330. The molecule has 0 radical (unpaired) electrons. The molecular weight excluding hydrogens is 358 g/mol. The molecule has 0 aromatic heterocycles. The van der Waals surface area contributed by atoms with Crippen molar-refractivity contribution in [2.24, 2.45) is 0 Å². The highest BCUT2D eigenvalue weighted by atomic mass is 16.6.